The zero-order valence-electron chi connectivity index (χ0n) is 19.2. The Labute approximate surface area is 212 Å². The van der Waals surface area contributed by atoms with Crippen LogP contribution in [-0.4, -0.2) is 45.7 Å². The summed E-state index contributed by atoms with van der Waals surface area (Å²) in [5.74, 6) is -7.10. The van der Waals surface area contributed by atoms with Gasteiger partial charge >= 0.3 is 6.36 Å². The molecule has 37 heavy (non-hydrogen) atoms. The molecule has 1 aromatic carbocycles. The number of nitrogens with one attached hydrogen (secondary N) is 1. The summed E-state index contributed by atoms with van der Waals surface area (Å²) in [5, 5.41) is 2.71. The van der Waals surface area contributed by atoms with Gasteiger partial charge in [-0.15, -0.1) is 13.2 Å². The molecule has 2 saturated carbocycles. The van der Waals surface area contributed by atoms with E-state index in [-0.39, 0.29) is 24.1 Å². The third-order valence-corrected chi connectivity index (χ3v) is 7.08. The number of anilines is 1. The summed E-state index contributed by atoms with van der Waals surface area (Å²) in [6.07, 6.45) is -1.59. The molecule has 0 saturated heterocycles. The van der Waals surface area contributed by atoms with Gasteiger partial charge in [-0.3, -0.25) is 14.5 Å². The highest BCUT2D eigenvalue weighted by molar-refractivity contribution is 6.32. The number of amides is 2. The number of ether oxygens (including phenoxy) is 1. The second-order valence-electron chi connectivity index (χ2n) is 9.19. The first-order valence-corrected chi connectivity index (χ1v) is 11.6. The van der Waals surface area contributed by atoms with Crippen LogP contribution in [0.1, 0.15) is 31.7 Å². The summed E-state index contributed by atoms with van der Waals surface area (Å²) in [7, 11) is 0. The summed E-state index contributed by atoms with van der Waals surface area (Å²) in [4.78, 5) is 35.2. The molecule has 1 aromatic heterocycles. The van der Waals surface area contributed by atoms with Gasteiger partial charge in [0.25, 0.3) is 23.4 Å². The van der Waals surface area contributed by atoms with Gasteiger partial charge in [0.05, 0.1) is 0 Å². The van der Waals surface area contributed by atoms with E-state index in [0.717, 1.165) is 30.6 Å². The van der Waals surface area contributed by atoms with Crippen LogP contribution < -0.4 is 15.0 Å². The topological polar surface area (TPSA) is 84.4 Å². The Morgan fingerprint density at radius 1 is 1.16 bits per heavy atom. The van der Waals surface area contributed by atoms with Gasteiger partial charge in [0.1, 0.15) is 12.1 Å². The van der Waals surface area contributed by atoms with E-state index in [0.29, 0.717) is 4.90 Å². The number of hydrogen-bond acceptors (Lipinski definition) is 5. The smallest absolute Gasteiger partial charge is 0.406 e. The molecule has 7 nitrogen and oxygen atoms in total. The maximum absolute atomic E-state index is 14.2. The van der Waals surface area contributed by atoms with E-state index in [2.05, 4.69) is 20.0 Å². The molecule has 2 aliphatic carbocycles. The molecule has 2 bridgehead atoms. The van der Waals surface area contributed by atoms with Crippen LogP contribution in [0.3, 0.4) is 0 Å². The molecule has 2 amide bonds. The number of fused-ring (bicyclic) bond motifs is 2. The zero-order valence-corrected chi connectivity index (χ0v) is 19.9. The SMILES string of the molecule is C[C@](C(=O)N[C@@H]1CC2CC1CC2(F)F)(c1cncnc1)N(C(=O)[C@H](F)Cl)c1ccc(OC(F)(F)F)cc1. The number of nitrogens with zero attached hydrogens (tertiary/aromatic N) is 3. The van der Waals surface area contributed by atoms with Crippen molar-refractivity contribution in [3.63, 3.8) is 0 Å². The number of alkyl halides is 7. The Morgan fingerprint density at radius 3 is 2.27 bits per heavy atom. The van der Waals surface area contributed by atoms with Gasteiger partial charge in [-0.1, -0.05) is 11.6 Å². The first-order valence-electron chi connectivity index (χ1n) is 11.1. The molecule has 0 radical (unpaired) electrons. The van der Waals surface area contributed by atoms with E-state index in [9.17, 15) is 35.9 Å². The minimum Gasteiger partial charge on any atom is -0.406 e. The standard InChI is InChI=1S/C23H21ClF6N4O3/c1-21(14-9-31-11-32-10-14,20(36)33-17-7-13-6-12(17)8-22(13,26)27)34(19(35)18(24)25)15-2-4-16(5-3-15)37-23(28,29)30/h2-5,9-13,17-18H,6-8H2,1H3,(H,33,36)/t12?,13?,17-,18+,21-/m1/s1. The van der Waals surface area contributed by atoms with E-state index in [1.165, 1.54) is 19.3 Å². The largest absolute Gasteiger partial charge is 0.573 e. The van der Waals surface area contributed by atoms with E-state index >= 15 is 0 Å². The average Bonchev–Trinajstić information content (AvgIpc) is 3.35. The molecule has 2 aromatic rings. The Bertz CT molecular complexity index is 1150. The predicted octanol–water partition coefficient (Wildman–Crippen LogP) is 4.71. The Kier molecular flexibility index (Phi) is 7.04. The zero-order chi connectivity index (χ0) is 27.2. The van der Waals surface area contributed by atoms with E-state index < -0.39 is 65.3 Å². The van der Waals surface area contributed by atoms with E-state index in [4.69, 9.17) is 11.6 Å². The molecule has 2 aliphatic rings. The quantitative estimate of drug-likeness (QED) is 0.399. The molecular weight excluding hydrogens is 530 g/mol. The summed E-state index contributed by atoms with van der Waals surface area (Å²) >= 11 is 5.46. The van der Waals surface area contributed by atoms with Gasteiger partial charge in [0.2, 0.25) is 0 Å². The number of rotatable bonds is 7. The summed E-state index contributed by atoms with van der Waals surface area (Å²) < 4.78 is 83.8. The average molecular weight is 551 g/mol. The Morgan fingerprint density at radius 2 is 1.78 bits per heavy atom. The van der Waals surface area contributed by atoms with Crippen molar-refractivity contribution in [3.8, 4) is 5.75 Å². The number of carbonyl (C=O) groups is 2. The minimum atomic E-state index is -4.98. The van der Waals surface area contributed by atoms with Gasteiger partial charge in [-0.05, 0) is 49.9 Å². The molecule has 1 N–H and O–H groups in total. The van der Waals surface area contributed by atoms with E-state index in [1.807, 2.05) is 0 Å². The Balaban J connectivity index is 1.73. The molecule has 2 fully saturated rings. The molecule has 200 valence electrons. The first kappa shape index (κ1) is 27.0. The van der Waals surface area contributed by atoms with Crippen molar-refractivity contribution in [2.24, 2.45) is 11.8 Å². The highest BCUT2D eigenvalue weighted by Crippen LogP contribution is 2.53. The summed E-state index contributed by atoms with van der Waals surface area (Å²) in [5.41, 5.74) is -4.89. The predicted molar refractivity (Wildman–Crippen MR) is 118 cm³/mol. The number of hydrogen-bond donors (Lipinski definition) is 1. The van der Waals surface area contributed by atoms with Gasteiger partial charge < -0.3 is 10.1 Å². The third kappa shape index (κ3) is 5.32. The lowest BCUT2D eigenvalue weighted by Crippen LogP contribution is -2.60. The second-order valence-corrected chi connectivity index (χ2v) is 9.57. The van der Waals surface area contributed by atoms with Crippen molar-refractivity contribution in [3.05, 3.63) is 48.5 Å². The fourth-order valence-corrected chi connectivity index (χ4v) is 5.21. The molecule has 5 atom stereocenters. The highest BCUT2D eigenvalue weighted by Gasteiger charge is 2.58. The van der Waals surface area contributed by atoms with Crippen LogP contribution in [0.25, 0.3) is 0 Å². The van der Waals surface area contributed by atoms with Crippen LogP contribution in [0.15, 0.2) is 43.0 Å². The molecule has 0 spiro atoms. The number of carbonyl (C=O) groups excluding carboxylic acids is 2. The fourth-order valence-electron chi connectivity index (χ4n) is 5.11. The van der Waals surface area contributed by atoms with Crippen LogP contribution in [0.5, 0.6) is 5.75 Å². The van der Waals surface area contributed by atoms with Crippen LogP contribution in [0.4, 0.5) is 32.0 Å². The molecule has 14 heteroatoms. The molecule has 2 unspecified atom stereocenters. The lowest BCUT2D eigenvalue weighted by atomic mass is 9.87. The molecular formula is C23H21ClF6N4O3. The monoisotopic (exact) mass is 550 g/mol. The normalized spacial score (nSPS) is 24.7. The van der Waals surface area contributed by atoms with Crippen molar-refractivity contribution in [2.75, 3.05) is 4.90 Å². The summed E-state index contributed by atoms with van der Waals surface area (Å²) in [6.45, 7) is 1.25. The highest BCUT2D eigenvalue weighted by atomic mass is 35.5. The van der Waals surface area contributed by atoms with Gasteiger partial charge in [0.15, 0.2) is 5.54 Å². The maximum atomic E-state index is 14.2. The van der Waals surface area contributed by atoms with Crippen molar-refractivity contribution >= 4 is 29.1 Å². The molecule has 0 aliphatic heterocycles. The van der Waals surface area contributed by atoms with Gasteiger partial charge in [-0.2, -0.15) is 0 Å². The summed E-state index contributed by atoms with van der Waals surface area (Å²) in [6, 6.07) is 3.17. The minimum absolute atomic E-state index is 0.0160. The van der Waals surface area contributed by atoms with Gasteiger partial charge in [0, 0.05) is 42.0 Å². The van der Waals surface area contributed by atoms with Gasteiger partial charge in [-0.25, -0.2) is 23.1 Å². The van der Waals surface area contributed by atoms with Crippen molar-refractivity contribution in [1.82, 2.24) is 15.3 Å². The lowest BCUT2D eigenvalue weighted by Gasteiger charge is -2.41. The van der Waals surface area contributed by atoms with Crippen LogP contribution in [0, 0.1) is 11.8 Å². The molecule has 4 rings (SSSR count). The van der Waals surface area contributed by atoms with Crippen LogP contribution in [0.2, 0.25) is 0 Å². The van der Waals surface area contributed by atoms with Crippen LogP contribution >= 0.6 is 11.6 Å². The number of aromatic nitrogens is 2. The first-order chi connectivity index (χ1) is 17.2. The number of halogens is 7. The van der Waals surface area contributed by atoms with Crippen molar-refractivity contribution in [2.45, 2.75) is 55.7 Å². The maximum Gasteiger partial charge on any atom is 0.573 e. The number of benzene rings is 1. The van der Waals surface area contributed by atoms with Crippen molar-refractivity contribution < 1.29 is 40.7 Å². The second kappa shape index (κ2) is 9.66. The lowest BCUT2D eigenvalue weighted by molar-refractivity contribution is -0.274. The third-order valence-electron chi connectivity index (χ3n) is 6.89. The van der Waals surface area contributed by atoms with E-state index in [1.54, 1.807) is 0 Å². The Hall–Kier alpha value is -3.09. The van der Waals surface area contributed by atoms with Crippen LogP contribution in [-0.2, 0) is 15.1 Å². The fraction of sp³-hybridized carbons (Fsp3) is 0.478. The van der Waals surface area contributed by atoms with Crippen molar-refractivity contribution in [1.29, 1.82) is 0 Å². The molecule has 1 heterocycles.